The molecule has 4 unspecified atom stereocenters. The summed E-state index contributed by atoms with van der Waals surface area (Å²) in [7, 11) is 0. The summed E-state index contributed by atoms with van der Waals surface area (Å²) in [6.07, 6.45) is 6.88. The van der Waals surface area contributed by atoms with E-state index in [9.17, 15) is 4.79 Å². The van der Waals surface area contributed by atoms with E-state index >= 15 is 0 Å². The van der Waals surface area contributed by atoms with Crippen LogP contribution in [0.2, 0.25) is 0 Å². The molecule has 19 heavy (non-hydrogen) atoms. The molecule has 4 nitrogen and oxygen atoms in total. The summed E-state index contributed by atoms with van der Waals surface area (Å²) >= 11 is 0. The number of furan rings is 1. The van der Waals surface area contributed by atoms with Gasteiger partial charge >= 0.3 is 0 Å². The molecule has 0 aromatic carbocycles. The molecule has 4 atom stereocenters. The summed E-state index contributed by atoms with van der Waals surface area (Å²) in [6, 6.07) is 1.97. The zero-order chi connectivity index (χ0) is 13.4. The van der Waals surface area contributed by atoms with Crippen molar-refractivity contribution in [3.05, 3.63) is 23.7 Å². The molecule has 2 aliphatic carbocycles. The molecule has 1 heterocycles. The van der Waals surface area contributed by atoms with Crippen LogP contribution in [0.4, 0.5) is 0 Å². The van der Waals surface area contributed by atoms with Crippen LogP contribution in [0, 0.1) is 17.8 Å². The van der Waals surface area contributed by atoms with Crippen LogP contribution in [0.15, 0.2) is 16.7 Å². The number of nitrogens with one attached hydrogen (secondary N) is 1. The second kappa shape index (κ2) is 5.00. The Hall–Kier alpha value is -1.29. The molecule has 104 valence electrons. The van der Waals surface area contributed by atoms with Crippen LogP contribution < -0.4 is 11.1 Å². The molecule has 2 bridgehead atoms. The number of carbonyl (C=O) groups is 1. The molecule has 0 radical (unpaired) electrons. The van der Waals surface area contributed by atoms with Crippen LogP contribution in [-0.4, -0.2) is 11.9 Å². The standard InChI is InChI=1S/C15H22N2O2/c1-9(14-5-10-2-3-11(14)4-10)17-15(18)12-6-13(7-16)19-8-12/h6,8-11,14H,2-5,7,16H2,1H3,(H,17,18). The van der Waals surface area contributed by atoms with E-state index in [1.165, 1.54) is 31.9 Å². The van der Waals surface area contributed by atoms with Crippen molar-refractivity contribution in [2.75, 3.05) is 0 Å². The lowest BCUT2D eigenvalue weighted by atomic mass is 9.84. The van der Waals surface area contributed by atoms with Crippen molar-refractivity contribution >= 4 is 5.91 Å². The van der Waals surface area contributed by atoms with Crippen LogP contribution in [0.5, 0.6) is 0 Å². The molecule has 1 aromatic rings. The molecule has 0 spiro atoms. The van der Waals surface area contributed by atoms with Crippen molar-refractivity contribution in [2.45, 2.75) is 45.2 Å². The van der Waals surface area contributed by atoms with Gasteiger partial charge in [-0.05, 0) is 50.0 Å². The number of nitrogens with two attached hydrogens (primary N) is 1. The highest BCUT2D eigenvalue weighted by Crippen LogP contribution is 2.49. The molecule has 4 heteroatoms. The van der Waals surface area contributed by atoms with E-state index in [2.05, 4.69) is 12.2 Å². The highest BCUT2D eigenvalue weighted by molar-refractivity contribution is 5.94. The molecular weight excluding hydrogens is 240 g/mol. The van der Waals surface area contributed by atoms with Gasteiger partial charge < -0.3 is 15.5 Å². The first-order valence-electron chi connectivity index (χ1n) is 7.25. The smallest absolute Gasteiger partial charge is 0.254 e. The van der Waals surface area contributed by atoms with E-state index in [4.69, 9.17) is 10.2 Å². The second-order valence-electron chi connectivity index (χ2n) is 6.11. The molecule has 0 saturated heterocycles. The average molecular weight is 262 g/mol. The van der Waals surface area contributed by atoms with Gasteiger partial charge in [0.15, 0.2) is 0 Å². The lowest BCUT2D eigenvalue weighted by molar-refractivity contribution is 0.0914. The van der Waals surface area contributed by atoms with Crippen LogP contribution in [0.3, 0.4) is 0 Å². The summed E-state index contributed by atoms with van der Waals surface area (Å²) in [5, 5.41) is 3.12. The molecule has 3 N–H and O–H groups in total. The fourth-order valence-corrected chi connectivity index (χ4v) is 3.91. The molecule has 1 aromatic heterocycles. The van der Waals surface area contributed by atoms with E-state index in [1.807, 2.05) is 0 Å². The molecule has 2 fully saturated rings. The van der Waals surface area contributed by atoms with E-state index in [-0.39, 0.29) is 11.9 Å². The Labute approximate surface area is 113 Å². The number of rotatable bonds is 4. The predicted molar refractivity (Wildman–Crippen MR) is 72.5 cm³/mol. The average Bonchev–Trinajstić information content (AvgIpc) is 3.13. The van der Waals surface area contributed by atoms with Gasteiger partial charge in [0.2, 0.25) is 0 Å². The van der Waals surface area contributed by atoms with Gasteiger partial charge in [0.1, 0.15) is 12.0 Å². The first-order chi connectivity index (χ1) is 9.17. The van der Waals surface area contributed by atoms with Gasteiger partial charge in [-0.1, -0.05) is 6.42 Å². The zero-order valence-electron chi connectivity index (χ0n) is 11.4. The third kappa shape index (κ3) is 2.41. The van der Waals surface area contributed by atoms with Crippen molar-refractivity contribution < 1.29 is 9.21 Å². The van der Waals surface area contributed by atoms with Crippen molar-refractivity contribution in [1.82, 2.24) is 5.32 Å². The normalized spacial score (nSPS) is 30.5. The number of hydrogen-bond acceptors (Lipinski definition) is 3. The Morgan fingerprint density at radius 3 is 2.95 bits per heavy atom. The Balaban J connectivity index is 1.60. The zero-order valence-corrected chi connectivity index (χ0v) is 11.4. The Kier molecular flexibility index (Phi) is 3.35. The number of hydrogen-bond donors (Lipinski definition) is 2. The van der Waals surface area contributed by atoms with Gasteiger partial charge in [0, 0.05) is 6.04 Å². The number of amides is 1. The Morgan fingerprint density at radius 2 is 2.37 bits per heavy atom. The third-order valence-corrected chi connectivity index (χ3v) is 4.91. The minimum Gasteiger partial charge on any atom is -0.467 e. The van der Waals surface area contributed by atoms with Gasteiger partial charge in [-0.2, -0.15) is 0 Å². The minimum atomic E-state index is -0.0428. The van der Waals surface area contributed by atoms with Gasteiger partial charge in [-0.15, -0.1) is 0 Å². The maximum Gasteiger partial charge on any atom is 0.254 e. The lowest BCUT2D eigenvalue weighted by Crippen LogP contribution is -2.40. The quantitative estimate of drug-likeness (QED) is 0.874. The maximum absolute atomic E-state index is 12.1. The molecular formula is C15H22N2O2. The summed E-state index contributed by atoms with van der Waals surface area (Å²) in [5.74, 6) is 3.00. The first-order valence-corrected chi connectivity index (χ1v) is 7.25. The summed E-state index contributed by atoms with van der Waals surface area (Å²) in [5.41, 5.74) is 6.06. The Bertz CT molecular complexity index is 468. The second-order valence-corrected chi connectivity index (χ2v) is 6.11. The van der Waals surface area contributed by atoms with Crippen molar-refractivity contribution in [1.29, 1.82) is 0 Å². The monoisotopic (exact) mass is 262 g/mol. The first kappa shape index (κ1) is 12.7. The van der Waals surface area contributed by atoms with E-state index in [0.29, 0.717) is 23.8 Å². The van der Waals surface area contributed by atoms with Gasteiger partial charge in [0.25, 0.3) is 5.91 Å². The maximum atomic E-state index is 12.1. The van der Waals surface area contributed by atoms with Crippen LogP contribution >= 0.6 is 0 Å². The fraction of sp³-hybridized carbons (Fsp3) is 0.667. The van der Waals surface area contributed by atoms with Crippen LogP contribution in [0.25, 0.3) is 0 Å². The van der Waals surface area contributed by atoms with Crippen LogP contribution in [0.1, 0.15) is 48.7 Å². The molecule has 3 rings (SSSR count). The van der Waals surface area contributed by atoms with Crippen molar-refractivity contribution in [2.24, 2.45) is 23.5 Å². The molecule has 0 aliphatic heterocycles. The molecule has 2 saturated carbocycles. The summed E-state index contributed by atoms with van der Waals surface area (Å²) < 4.78 is 5.21. The lowest BCUT2D eigenvalue weighted by Gasteiger charge is -2.28. The van der Waals surface area contributed by atoms with E-state index in [0.717, 1.165) is 11.8 Å². The van der Waals surface area contributed by atoms with Crippen LogP contribution in [-0.2, 0) is 6.54 Å². The minimum absolute atomic E-state index is 0.0428. The fourth-order valence-electron chi connectivity index (χ4n) is 3.91. The van der Waals surface area contributed by atoms with Crippen molar-refractivity contribution in [3.8, 4) is 0 Å². The van der Waals surface area contributed by atoms with Gasteiger partial charge in [-0.25, -0.2) is 0 Å². The van der Waals surface area contributed by atoms with Gasteiger partial charge in [0.05, 0.1) is 12.1 Å². The third-order valence-electron chi connectivity index (χ3n) is 4.91. The topological polar surface area (TPSA) is 68.3 Å². The Morgan fingerprint density at radius 1 is 1.53 bits per heavy atom. The number of fused-ring (bicyclic) bond motifs is 2. The van der Waals surface area contributed by atoms with Gasteiger partial charge in [-0.3, -0.25) is 4.79 Å². The predicted octanol–water partition coefficient (Wildman–Crippen LogP) is 2.29. The highest BCUT2D eigenvalue weighted by Gasteiger charge is 2.42. The van der Waals surface area contributed by atoms with E-state index in [1.54, 1.807) is 6.07 Å². The molecule has 2 aliphatic rings. The largest absolute Gasteiger partial charge is 0.467 e. The summed E-state index contributed by atoms with van der Waals surface area (Å²) in [4.78, 5) is 12.1. The SMILES string of the molecule is CC(NC(=O)c1coc(CN)c1)C1CC2CCC1C2. The summed E-state index contributed by atoms with van der Waals surface area (Å²) in [6.45, 7) is 2.46. The highest BCUT2D eigenvalue weighted by atomic mass is 16.3. The number of carbonyl (C=O) groups excluding carboxylic acids is 1. The van der Waals surface area contributed by atoms with E-state index < -0.39 is 0 Å². The van der Waals surface area contributed by atoms with Crippen molar-refractivity contribution in [3.63, 3.8) is 0 Å². The molecule has 1 amide bonds.